The predicted octanol–water partition coefficient (Wildman–Crippen LogP) is 3.56. The fourth-order valence-electron chi connectivity index (χ4n) is 2.11. The zero-order valence-electron chi connectivity index (χ0n) is 12.1. The second kappa shape index (κ2) is 6.83. The minimum atomic E-state index is -0.853. The molecule has 0 amide bonds. The number of hydrogen-bond donors (Lipinski definition) is 1. The first-order valence-electron chi connectivity index (χ1n) is 6.34. The topological polar surface area (TPSA) is 47.9 Å². The molecule has 0 saturated heterocycles. The van der Waals surface area contributed by atoms with Crippen molar-refractivity contribution in [3.63, 3.8) is 0 Å². The van der Waals surface area contributed by atoms with Crippen LogP contribution in [-0.4, -0.2) is 26.4 Å². The van der Waals surface area contributed by atoms with E-state index in [9.17, 15) is 5.11 Å². The third kappa shape index (κ3) is 3.31. The van der Waals surface area contributed by atoms with Crippen LogP contribution in [0.5, 0.6) is 17.2 Å². The van der Waals surface area contributed by atoms with Crippen LogP contribution in [0.1, 0.15) is 17.2 Å². The summed E-state index contributed by atoms with van der Waals surface area (Å²) in [4.78, 5) is 0. The van der Waals surface area contributed by atoms with Crippen LogP contribution >= 0.6 is 15.9 Å². The van der Waals surface area contributed by atoms with Crippen molar-refractivity contribution in [1.29, 1.82) is 0 Å². The number of benzene rings is 2. The Bertz CT molecular complexity index is 585. The van der Waals surface area contributed by atoms with Crippen molar-refractivity contribution >= 4 is 15.9 Å². The molecule has 0 heterocycles. The summed E-state index contributed by atoms with van der Waals surface area (Å²) in [5.41, 5.74) is 1.32. The van der Waals surface area contributed by atoms with E-state index in [1.54, 1.807) is 33.5 Å². The highest BCUT2D eigenvalue weighted by Crippen LogP contribution is 2.40. The van der Waals surface area contributed by atoms with Crippen molar-refractivity contribution in [3.8, 4) is 17.2 Å². The highest BCUT2D eigenvalue weighted by molar-refractivity contribution is 9.10. The molecule has 0 saturated carbocycles. The largest absolute Gasteiger partial charge is 0.496 e. The second-order valence-corrected chi connectivity index (χ2v) is 5.32. The van der Waals surface area contributed by atoms with Gasteiger partial charge in [-0.3, -0.25) is 0 Å². The molecule has 112 valence electrons. The second-order valence-electron chi connectivity index (χ2n) is 4.40. The Morgan fingerprint density at radius 3 is 1.86 bits per heavy atom. The Hall–Kier alpha value is -1.72. The van der Waals surface area contributed by atoms with E-state index in [0.717, 1.165) is 10.0 Å². The third-order valence-corrected chi connectivity index (χ3v) is 3.74. The van der Waals surface area contributed by atoms with Gasteiger partial charge in [0, 0.05) is 16.6 Å². The summed E-state index contributed by atoms with van der Waals surface area (Å²) in [6.45, 7) is 0. The Balaban J connectivity index is 2.52. The summed E-state index contributed by atoms with van der Waals surface area (Å²) in [5.74, 6) is 1.64. The van der Waals surface area contributed by atoms with E-state index in [1.165, 1.54) is 0 Å². The van der Waals surface area contributed by atoms with Gasteiger partial charge in [0.2, 0.25) is 0 Å². The summed E-state index contributed by atoms with van der Waals surface area (Å²) in [6, 6.07) is 10.9. The lowest BCUT2D eigenvalue weighted by atomic mass is 9.99. The molecule has 0 fully saturated rings. The van der Waals surface area contributed by atoms with Crippen molar-refractivity contribution in [2.75, 3.05) is 21.3 Å². The van der Waals surface area contributed by atoms with Crippen molar-refractivity contribution in [2.45, 2.75) is 6.10 Å². The molecule has 0 bridgehead atoms. The van der Waals surface area contributed by atoms with E-state index < -0.39 is 6.10 Å². The molecule has 2 aromatic rings. The molecule has 1 atom stereocenters. The first-order chi connectivity index (χ1) is 10.1. The number of ether oxygens (including phenoxy) is 3. The molecule has 1 unspecified atom stereocenters. The van der Waals surface area contributed by atoms with Gasteiger partial charge in [-0.2, -0.15) is 0 Å². The maximum absolute atomic E-state index is 10.7. The van der Waals surface area contributed by atoms with Gasteiger partial charge in [-0.15, -0.1) is 0 Å². The summed E-state index contributed by atoms with van der Waals surface area (Å²) < 4.78 is 16.9. The van der Waals surface area contributed by atoms with Crippen LogP contribution < -0.4 is 14.2 Å². The van der Waals surface area contributed by atoms with Gasteiger partial charge >= 0.3 is 0 Å². The van der Waals surface area contributed by atoms with Crippen LogP contribution in [0, 0.1) is 0 Å². The molecular formula is C16H17BrO4. The number of hydrogen-bond acceptors (Lipinski definition) is 4. The molecule has 4 nitrogen and oxygen atoms in total. The molecule has 5 heteroatoms. The lowest BCUT2D eigenvalue weighted by Crippen LogP contribution is -2.05. The average molecular weight is 353 g/mol. The molecule has 0 aliphatic rings. The summed E-state index contributed by atoms with van der Waals surface area (Å²) in [6.07, 6.45) is -0.853. The van der Waals surface area contributed by atoms with Crippen LogP contribution in [0.3, 0.4) is 0 Å². The van der Waals surface area contributed by atoms with Crippen molar-refractivity contribution in [3.05, 3.63) is 52.0 Å². The number of aliphatic hydroxyl groups is 1. The number of aliphatic hydroxyl groups excluding tert-OH is 1. The van der Waals surface area contributed by atoms with Crippen LogP contribution in [0.4, 0.5) is 0 Å². The zero-order chi connectivity index (χ0) is 15.4. The first kappa shape index (κ1) is 15.7. The monoisotopic (exact) mass is 352 g/mol. The molecule has 21 heavy (non-hydrogen) atoms. The predicted molar refractivity (Wildman–Crippen MR) is 84.3 cm³/mol. The van der Waals surface area contributed by atoms with Crippen molar-refractivity contribution in [1.82, 2.24) is 0 Å². The fraction of sp³-hybridized carbons (Fsp3) is 0.250. The van der Waals surface area contributed by atoms with Gasteiger partial charge in [-0.1, -0.05) is 28.1 Å². The maximum Gasteiger partial charge on any atom is 0.132 e. The highest BCUT2D eigenvalue weighted by atomic mass is 79.9. The molecule has 0 aromatic heterocycles. The first-order valence-corrected chi connectivity index (χ1v) is 7.13. The van der Waals surface area contributed by atoms with Crippen LogP contribution in [0.15, 0.2) is 40.9 Å². The van der Waals surface area contributed by atoms with Gasteiger partial charge in [0.25, 0.3) is 0 Å². The fourth-order valence-corrected chi connectivity index (χ4v) is 2.38. The third-order valence-electron chi connectivity index (χ3n) is 3.21. The van der Waals surface area contributed by atoms with Gasteiger partial charge in [0.1, 0.15) is 23.4 Å². The van der Waals surface area contributed by atoms with E-state index in [2.05, 4.69) is 15.9 Å². The van der Waals surface area contributed by atoms with Gasteiger partial charge in [0.15, 0.2) is 0 Å². The van der Waals surface area contributed by atoms with Crippen LogP contribution in [-0.2, 0) is 0 Å². The molecular weight excluding hydrogens is 336 g/mol. The molecule has 0 spiro atoms. The van der Waals surface area contributed by atoms with E-state index in [1.807, 2.05) is 24.3 Å². The molecule has 0 aliphatic heterocycles. The number of rotatable bonds is 5. The summed E-state index contributed by atoms with van der Waals surface area (Å²) in [5, 5.41) is 10.7. The highest BCUT2D eigenvalue weighted by Gasteiger charge is 2.22. The molecule has 0 aliphatic carbocycles. The quantitative estimate of drug-likeness (QED) is 0.893. The molecule has 0 radical (unpaired) electrons. The van der Waals surface area contributed by atoms with Gasteiger partial charge in [-0.05, 0) is 17.7 Å². The Labute approximate surface area is 132 Å². The van der Waals surface area contributed by atoms with Crippen LogP contribution in [0.25, 0.3) is 0 Å². The number of methoxy groups -OCH3 is 3. The van der Waals surface area contributed by atoms with Crippen molar-refractivity contribution < 1.29 is 19.3 Å². The lowest BCUT2D eigenvalue weighted by Gasteiger charge is -2.19. The van der Waals surface area contributed by atoms with Gasteiger partial charge in [0.05, 0.1) is 26.9 Å². The lowest BCUT2D eigenvalue weighted by molar-refractivity contribution is 0.208. The van der Waals surface area contributed by atoms with Gasteiger partial charge in [-0.25, -0.2) is 0 Å². The standard InChI is InChI=1S/C16H17BrO4/c1-19-12-8-13(20-2)15(14(9-12)21-3)16(18)10-4-6-11(17)7-5-10/h4-9,16,18H,1-3H3. The Kier molecular flexibility index (Phi) is 5.09. The molecule has 2 aromatic carbocycles. The Morgan fingerprint density at radius 2 is 1.43 bits per heavy atom. The van der Waals surface area contributed by atoms with E-state index in [-0.39, 0.29) is 0 Å². The average Bonchev–Trinajstić information content (AvgIpc) is 2.53. The zero-order valence-corrected chi connectivity index (χ0v) is 13.7. The minimum Gasteiger partial charge on any atom is -0.496 e. The normalized spacial score (nSPS) is 11.9. The smallest absolute Gasteiger partial charge is 0.132 e. The van der Waals surface area contributed by atoms with E-state index >= 15 is 0 Å². The molecule has 2 rings (SSSR count). The van der Waals surface area contributed by atoms with Crippen molar-refractivity contribution in [2.24, 2.45) is 0 Å². The number of halogens is 1. The summed E-state index contributed by atoms with van der Waals surface area (Å²) >= 11 is 3.38. The Morgan fingerprint density at radius 1 is 0.905 bits per heavy atom. The SMILES string of the molecule is COc1cc(OC)c(C(O)c2ccc(Br)cc2)c(OC)c1. The minimum absolute atomic E-state index is 0.515. The summed E-state index contributed by atoms with van der Waals surface area (Å²) in [7, 11) is 4.66. The van der Waals surface area contributed by atoms with Crippen LogP contribution in [0.2, 0.25) is 0 Å². The molecule has 1 N–H and O–H groups in total. The van der Waals surface area contributed by atoms with E-state index in [0.29, 0.717) is 22.8 Å². The van der Waals surface area contributed by atoms with E-state index in [4.69, 9.17) is 14.2 Å². The maximum atomic E-state index is 10.7. The van der Waals surface area contributed by atoms with Gasteiger partial charge < -0.3 is 19.3 Å².